The highest BCUT2D eigenvalue weighted by atomic mass is 35.5. The maximum Gasteiger partial charge on any atom is 0.228 e. The molecule has 2 heterocycles. The van der Waals surface area contributed by atoms with Gasteiger partial charge in [0.1, 0.15) is 0 Å². The van der Waals surface area contributed by atoms with Gasteiger partial charge in [-0.05, 0) is 31.4 Å². The van der Waals surface area contributed by atoms with Gasteiger partial charge in [-0.2, -0.15) is 10.1 Å². The Bertz CT molecular complexity index is 916. The Morgan fingerprint density at radius 2 is 2.08 bits per heavy atom. The second-order valence-corrected chi connectivity index (χ2v) is 6.02. The topological polar surface area (TPSA) is 99.8 Å². The first-order valence-electron chi connectivity index (χ1n) is 7.73. The minimum Gasteiger partial charge on any atom is -0.339 e. The standard InChI is InChI=1S/C16H17N5O2.ClH/c17-16(7-3-8-16)15-19-14(23-20-15)6-9-21-12-5-2-1-4-11(12)13(22)10-18-21;/h1-2,4-5,10H,3,6-9,17H2;1H. The van der Waals surface area contributed by atoms with Crippen LogP contribution in [0, 0.1) is 0 Å². The lowest BCUT2D eigenvalue weighted by atomic mass is 9.77. The molecule has 7 nitrogen and oxygen atoms in total. The van der Waals surface area contributed by atoms with E-state index in [9.17, 15) is 4.79 Å². The van der Waals surface area contributed by atoms with Crippen LogP contribution in [0.5, 0.6) is 0 Å². The largest absolute Gasteiger partial charge is 0.339 e. The summed E-state index contributed by atoms with van der Waals surface area (Å²) >= 11 is 0. The van der Waals surface area contributed by atoms with Gasteiger partial charge in [0.2, 0.25) is 11.3 Å². The number of hydrogen-bond acceptors (Lipinski definition) is 6. The third kappa shape index (κ3) is 2.81. The molecule has 2 aromatic heterocycles. The van der Waals surface area contributed by atoms with Gasteiger partial charge in [0.05, 0.1) is 23.8 Å². The fourth-order valence-corrected chi connectivity index (χ4v) is 2.88. The van der Waals surface area contributed by atoms with Crippen molar-refractivity contribution in [2.45, 2.75) is 37.8 Å². The molecule has 8 heteroatoms. The Balaban J connectivity index is 0.00000169. The molecule has 0 amide bonds. The fourth-order valence-electron chi connectivity index (χ4n) is 2.88. The summed E-state index contributed by atoms with van der Waals surface area (Å²) in [4.78, 5) is 16.2. The molecule has 0 aliphatic heterocycles. The van der Waals surface area contributed by atoms with E-state index in [0.717, 1.165) is 24.8 Å². The predicted octanol–water partition coefficient (Wildman–Crippen LogP) is 1.78. The minimum atomic E-state index is -0.413. The van der Waals surface area contributed by atoms with E-state index >= 15 is 0 Å². The summed E-state index contributed by atoms with van der Waals surface area (Å²) < 4.78 is 7.08. The number of aromatic nitrogens is 4. The van der Waals surface area contributed by atoms with Gasteiger partial charge in [-0.25, -0.2) is 0 Å². The fraction of sp³-hybridized carbons (Fsp3) is 0.375. The van der Waals surface area contributed by atoms with Gasteiger partial charge in [0.15, 0.2) is 5.82 Å². The van der Waals surface area contributed by atoms with Crippen molar-refractivity contribution in [2.75, 3.05) is 0 Å². The van der Waals surface area contributed by atoms with Crippen molar-refractivity contribution in [1.82, 2.24) is 19.9 Å². The second kappa shape index (κ2) is 6.33. The number of para-hydroxylation sites is 1. The molecule has 0 spiro atoms. The van der Waals surface area contributed by atoms with Crippen molar-refractivity contribution < 1.29 is 4.52 Å². The first-order chi connectivity index (χ1) is 11.2. The predicted molar refractivity (Wildman–Crippen MR) is 91.0 cm³/mol. The Kier molecular flexibility index (Phi) is 4.38. The molecule has 1 aliphatic carbocycles. The van der Waals surface area contributed by atoms with Crippen molar-refractivity contribution in [2.24, 2.45) is 5.73 Å². The van der Waals surface area contributed by atoms with Crippen LogP contribution in [0.2, 0.25) is 0 Å². The van der Waals surface area contributed by atoms with Crippen molar-refractivity contribution in [1.29, 1.82) is 0 Å². The molecule has 4 rings (SSSR count). The summed E-state index contributed by atoms with van der Waals surface area (Å²) in [6.45, 7) is 0.556. The van der Waals surface area contributed by atoms with Gasteiger partial charge in [-0.1, -0.05) is 17.3 Å². The number of halogens is 1. The molecule has 2 N–H and O–H groups in total. The number of fused-ring (bicyclic) bond motifs is 1. The Morgan fingerprint density at radius 1 is 1.29 bits per heavy atom. The zero-order valence-electron chi connectivity index (χ0n) is 13.0. The molecule has 1 saturated carbocycles. The average Bonchev–Trinajstić information content (AvgIpc) is 3.02. The average molecular weight is 348 g/mol. The zero-order chi connectivity index (χ0) is 15.9. The summed E-state index contributed by atoms with van der Waals surface area (Å²) in [6.07, 6.45) is 4.79. The lowest BCUT2D eigenvalue weighted by Gasteiger charge is -2.34. The van der Waals surface area contributed by atoms with Crippen LogP contribution in [0.25, 0.3) is 10.9 Å². The number of aryl methyl sites for hydroxylation is 2. The van der Waals surface area contributed by atoms with Crippen molar-refractivity contribution in [3.05, 3.63) is 52.4 Å². The van der Waals surface area contributed by atoms with Gasteiger partial charge in [-0.3, -0.25) is 9.48 Å². The van der Waals surface area contributed by atoms with Crippen LogP contribution < -0.4 is 11.2 Å². The minimum absolute atomic E-state index is 0. The van der Waals surface area contributed by atoms with E-state index in [1.165, 1.54) is 6.20 Å². The lowest BCUT2D eigenvalue weighted by molar-refractivity contribution is 0.229. The summed E-state index contributed by atoms with van der Waals surface area (Å²) in [5, 5.41) is 8.86. The molecule has 1 aliphatic rings. The molecule has 0 radical (unpaired) electrons. The highest BCUT2D eigenvalue weighted by molar-refractivity contribution is 5.85. The van der Waals surface area contributed by atoms with Crippen LogP contribution >= 0.6 is 12.4 Å². The normalized spacial score (nSPS) is 15.7. The van der Waals surface area contributed by atoms with Crippen LogP contribution in [0.15, 0.2) is 39.8 Å². The summed E-state index contributed by atoms with van der Waals surface area (Å²) in [7, 11) is 0. The maximum atomic E-state index is 11.8. The smallest absolute Gasteiger partial charge is 0.228 e. The highest BCUT2D eigenvalue weighted by Gasteiger charge is 2.38. The van der Waals surface area contributed by atoms with Crippen LogP contribution in [0.1, 0.15) is 31.0 Å². The first-order valence-corrected chi connectivity index (χ1v) is 7.73. The van der Waals surface area contributed by atoms with E-state index in [0.29, 0.717) is 30.1 Å². The molecule has 0 atom stereocenters. The van der Waals surface area contributed by atoms with Crippen molar-refractivity contribution in [3.63, 3.8) is 0 Å². The van der Waals surface area contributed by atoms with Crippen LogP contribution in [-0.4, -0.2) is 19.9 Å². The van der Waals surface area contributed by atoms with Gasteiger partial charge >= 0.3 is 0 Å². The summed E-state index contributed by atoms with van der Waals surface area (Å²) in [5.41, 5.74) is 6.51. The number of nitrogens with zero attached hydrogens (tertiary/aromatic N) is 4. The molecule has 0 unspecified atom stereocenters. The van der Waals surface area contributed by atoms with Gasteiger partial charge in [0.25, 0.3) is 0 Å². The molecule has 1 fully saturated rings. The number of nitrogens with two attached hydrogens (primary N) is 1. The lowest BCUT2D eigenvalue weighted by Crippen LogP contribution is -2.44. The number of hydrogen-bond donors (Lipinski definition) is 1. The van der Waals surface area contributed by atoms with Gasteiger partial charge in [0, 0.05) is 11.8 Å². The molecule has 3 aromatic rings. The Morgan fingerprint density at radius 3 is 2.83 bits per heavy atom. The molecular formula is C16H18ClN5O2. The number of rotatable bonds is 4. The van der Waals surface area contributed by atoms with E-state index in [-0.39, 0.29) is 17.8 Å². The molecule has 0 saturated heterocycles. The van der Waals surface area contributed by atoms with Gasteiger partial charge in [-0.15, -0.1) is 12.4 Å². The molecule has 24 heavy (non-hydrogen) atoms. The quantitative estimate of drug-likeness (QED) is 0.772. The monoisotopic (exact) mass is 347 g/mol. The number of benzene rings is 1. The van der Waals surface area contributed by atoms with E-state index in [1.807, 2.05) is 18.2 Å². The molecule has 0 bridgehead atoms. The zero-order valence-corrected chi connectivity index (χ0v) is 13.8. The summed E-state index contributed by atoms with van der Waals surface area (Å²) in [6, 6.07) is 7.42. The van der Waals surface area contributed by atoms with E-state index in [1.54, 1.807) is 10.7 Å². The maximum absolute atomic E-state index is 11.8. The molecule has 1 aromatic carbocycles. The van der Waals surface area contributed by atoms with Crippen molar-refractivity contribution >= 4 is 23.3 Å². The van der Waals surface area contributed by atoms with Crippen LogP contribution in [0.4, 0.5) is 0 Å². The van der Waals surface area contributed by atoms with Crippen LogP contribution in [-0.2, 0) is 18.5 Å². The van der Waals surface area contributed by atoms with Crippen molar-refractivity contribution in [3.8, 4) is 0 Å². The first kappa shape index (κ1) is 16.6. The SMILES string of the molecule is Cl.NC1(c2noc(CCn3ncc(=O)c4ccccc43)n2)CCC1. The van der Waals surface area contributed by atoms with E-state index in [2.05, 4.69) is 15.2 Å². The Labute approximate surface area is 144 Å². The highest BCUT2D eigenvalue weighted by Crippen LogP contribution is 2.36. The molecule has 126 valence electrons. The van der Waals surface area contributed by atoms with E-state index < -0.39 is 5.54 Å². The van der Waals surface area contributed by atoms with Crippen LogP contribution in [0.3, 0.4) is 0 Å². The summed E-state index contributed by atoms with van der Waals surface area (Å²) in [5.74, 6) is 1.14. The van der Waals surface area contributed by atoms with E-state index in [4.69, 9.17) is 10.3 Å². The molecular weight excluding hydrogens is 330 g/mol. The van der Waals surface area contributed by atoms with Gasteiger partial charge < -0.3 is 10.3 Å². The third-order valence-corrected chi connectivity index (χ3v) is 4.46. The second-order valence-electron chi connectivity index (χ2n) is 6.02. The third-order valence-electron chi connectivity index (χ3n) is 4.46. The Hall–Kier alpha value is -2.25.